The predicted octanol–water partition coefficient (Wildman–Crippen LogP) is 1.42. The van der Waals surface area contributed by atoms with Crippen molar-refractivity contribution in [1.82, 2.24) is 20.4 Å². The predicted molar refractivity (Wildman–Crippen MR) is 81.8 cm³/mol. The van der Waals surface area contributed by atoms with E-state index in [9.17, 15) is 4.79 Å². The number of hydrogen-bond acceptors (Lipinski definition) is 3. The van der Waals surface area contributed by atoms with Gasteiger partial charge in [0, 0.05) is 24.3 Å². The number of aryl methyl sites for hydroxylation is 1. The van der Waals surface area contributed by atoms with Crippen LogP contribution in [0.25, 0.3) is 0 Å². The molecule has 0 aliphatic heterocycles. The Labute approximate surface area is 122 Å². The third-order valence-corrected chi connectivity index (χ3v) is 3.33. The average molecular weight is 280 g/mol. The Hall–Kier alpha value is -1.36. The van der Waals surface area contributed by atoms with Gasteiger partial charge in [-0.15, -0.1) is 0 Å². The van der Waals surface area contributed by atoms with E-state index in [1.165, 1.54) is 0 Å². The van der Waals surface area contributed by atoms with Crippen molar-refractivity contribution in [2.75, 3.05) is 20.1 Å². The van der Waals surface area contributed by atoms with Crippen LogP contribution in [-0.2, 0) is 17.8 Å². The summed E-state index contributed by atoms with van der Waals surface area (Å²) in [6.07, 6.45) is 1.38. The molecular formula is C15H28N4O. The summed E-state index contributed by atoms with van der Waals surface area (Å²) in [4.78, 5) is 11.9. The van der Waals surface area contributed by atoms with Gasteiger partial charge in [-0.1, -0.05) is 13.8 Å². The van der Waals surface area contributed by atoms with E-state index in [-0.39, 0.29) is 5.91 Å². The Balaban J connectivity index is 2.58. The van der Waals surface area contributed by atoms with Crippen LogP contribution in [0, 0.1) is 19.8 Å². The fourth-order valence-electron chi connectivity index (χ4n) is 2.23. The van der Waals surface area contributed by atoms with E-state index in [0.29, 0.717) is 12.3 Å². The minimum atomic E-state index is 0.0800. The van der Waals surface area contributed by atoms with Gasteiger partial charge in [0.15, 0.2) is 0 Å². The highest BCUT2D eigenvalue weighted by Gasteiger charge is 2.15. The molecule has 0 aliphatic carbocycles. The summed E-state index contributed by atoms with van der Waals surface area (Å²) < 4.78 is 2.02. The van der Waals surface area contributed by atoms with Crippen LogP contribution in [0.5, 0.6) is 0 Å². The summed E-state index contributed by atoms with van der Waals surface area (Å²) in [6.45, 7) is 10.9. The second-order valence-electron chi connectivity index (χ2n) is 5.71. The summed E-state index contributed by atoms with van der Waals surface area (Å²) in [6, 6.07) is 0. The highest BCUT2D eigenvalue weighted by Crippen LogP contribution is 2.15. The van der Waals surface area contributed by atoms with Gasteiger partial charge in [-0.25, -0.2) is 0 Å². The minimum Gasteiger partial charge on any atom is -0.356 e. The highest BCUT2D eigenvalue weighted by atomic mass is 16.1. The monoisotopic (exact) mass is 280 g/mol. The molecule has 1 aromatic heterocycles. The maximum absolute atomic E-state index is 11.9. The first-order chi connectivity index (χ1) is 9.45. The Morgan fingerprint density at radius 2 is 2.00 bits per heavy atom. The first-order valence-electron chi connectivity index (χ1n) is 7.39. The first-order valence-corrected chi connectivity index (χ1v) is 7.39. The fourth-order valence-corrected chi connectivity index (χ4v) is 2.23. The van der Waals surface area contributed by atoms with Crippen molar-refractivity contribution in [3.05, 3.63) is 17.0 Å². The number of carbonyl (C=O) groups excluding carboxylic acids is 1. The maximum atomic E-state index is 11.9. The normalized spacial score (nSPS) is 11.1. The van der Waals surface area contributed by atoms with Gasteiger partial charge in [0.1, 0.15) is 0 Å². The van der Waals surface area contributed by atoms with Crippen LogP contribution in [0.3, 0.4) is 0 Å². The SMILES string of the molecule is CNCCCNC(=O)Cc1c(C)nn(CC(C)C)c1C. The van der Waals surface area contributed by atoms with Gasteiger partial charge in [-0.3, -0.25) is 9.48 Å². The van der Waals surface area contributed by atoms with Gasteiger partial charge >= 0.3 is 0 Å². The van der Waals surface area contributed by atoms with Crippen molar-refractivity contribution in [2.24, 2.45) is 5.92 Å². The summed E-state index contributed by atoms with van der Waals surface area (Å²) in [5.41, 5.74) is 3.15. The number of rotatable bonds is 8. The van der Waals surface area contributed by atoms with Crippen molar-refractivity contribution in [3.8, 4) is 0 Å². The van der Waals surface area contributed by atoms with Crippen molar-refractivity contribution >= 4 is 5.91 Å². The average Bonchev–Trinajstić information content (AvgIpc) is 2.62. The lowest BCUT2D eigenvalue weighted by Crippen LogP contribution is -2.28. The highest BCUT2D eigenvalue weighted by molar-refractivity contribution is 5.79. The first kappa shape index (κ1) is 16.7. The summed E-state index contributed by atoms with van der Waals surface area (Å²) in [5.74, 6) is 0.632. The Morgan fingerprint density at radius 1 is 1.30 bits per heavy atom. The molecule has 0 saturated heterocycles. The molecule has 0 bridgehead atoms. The smallest absolute Gasteiger partial charge is 0.224 e. The van der Waals surface area contributed by atoms with Crippen LogP contribution in [0.15, 0.2) is 0 Å². The van der Waals surface area contributed by atoms with Gasteiger partial charge in [0.05, 0.1) is 12.1 Å². The molecule has 1 rings (SSSR count). The number of nitrogens with one attached hydrogen (secondary N) is 2. The molecule has 0 saturated carbocycles. The van der Waals surface area contributed by atoms with Crippen molar-refractivity contribution in [3.63, 3.8) is 0 Å². The molecular weight excluding hydrogens is 252 g/mol. The van der Waals surface area contributed by atoms with Crippen molar-refractivity contribution in [1.29, 1.82) is 0 Å². The van der Waals surface area contributed by atoms with Crippen LogP contribution >= 0.6 is 0 Å². The maximum Gasteiger partial charge on any atom is 0.224 e. The molecule has 0 radical (unpaired) electrons. The van der Waals surface area contributed by atoms with Crippen LogP contribution < -0.4 is 10.6 Å². The lowest BCUT2D eigenvalue weighted by Gasteiger charge is -2.08. The molecule has 0 aromatic carbocycles. The molecule has 0 unspecified atom stereocenters. The molecule has 0 spiro atoms. The summed E-state index contributed by atoms with van der Waals surface area (Å²) in [5, 5.41) is 10.6. The third-order valence-electron chi connectivity index (χ3n) is 3.33. The number of amides is 1. The van der Waals surface area contributed by atoms with E-state index >= 15 is 0 Å². The van der Waals surface area contributed by atoms with Gasteiger partial charge in [0.2, 0.25) is 5.91 Å². The number of carbonyl (C=O) groups is 1. The Bertz CT molecular complexity index is 437. The second kappa shape index (κ2) is 8.04. The summed E-state index contributed by atoms with van der Waals surface area (Å²) in [7, 11) is 1.91. The number of aromatic nitrogens is 2. The fraction of sp³-hybridized carbons (Fsp3) is 0.733. The number of hydrogen-bond donors (Lipinski definition) is 2. The molecule has 1 aromatic rings. The molecule has 1 heterocycles. The van der Waals surface area contributed by atoms with Gasteiger partial charge in [0.25, 0.3) is 0 Å². The zero-order valence-electron chi connectivity index (χ0n) is 13.4. The van der Waals surface area contributed by atoms with E-state index in [1.54, 1.807) is 0 Å². The molecule has 1 amide bonds. The van der Waals surface area contributed by atoms with E-state index in [2.05, 4.69) is 29.6 Å². The molecule has 114 valence electrons. The molecule has 20 heavy (non-hydrogen) atoms. The third kappa shape index (κ3) is 4.96. The largest absolute Gasteiger partial charge is 0.356 e. The quantitative estimate of drug-likeness (QED) is 0.708. The molecule has 0 atom stereocenters. The van der Waals surface area contributed by atoms with Crippen LogP contribution in [-0.4, -0.2) is 35.8 Å². The van der Waals surface area contributed by atoms with E-state index in [4.69, 9.17) is 0 Å². The molecule has 0 fully saturated rings. The van der Waals surface area contributed by atoms with Crippen LogP contribution in [0.4, 0.5) is 0 Å². The zero-order chi connectivity index (χ0) is 15.1. The molecule has 5 heteroatoms. The lowest BCUT2D eigenvalue weighted by atomic mass is 10.1. The van der Waals surface area contributed by atoms with Gasteiger partial charge in [-0.05, 0) is 39.8 Å². The van der Waals surface area contributed by atoms with E-state index in [1.807, 2.05) is 25.6 Å². The zero-order valence-corrected chi connectivity index (χ0v) is 13.4. The Kier molecular flexibility index (Phi) is 6.71. The molecule has 2 N–H and O–H groups in total. The second-order valence-corrected chi connectivity index (χ2v) is 5.71. The molecule has 0 aliphatic rings. The summed E-state index contributed by atoms with van der Waals surface area (Å²) >= 11 is 0. The van der Waals surface area contributed by atoms with Crippen LogP contribution in [0.1, 0.15) is 37.2 Å². The van der Waals surface area contributed by atoms with E-state index in [0.717, 1.165) is 43.0 Å². The lowest BCUT2D eigenvalue weighted by molar-refractivity contribution is -0.120. The minimum absolute atomic E-state index is 0.0800. The van der Waals surface area contributed by atoms with E-state index < -0.39 is 0 Å². The van der Waals surface area contributed by atoms with Crippen molar-refractivity contribution < 1.29 is 4.79 Å². The van der Waals surface area contributed by atoms with Gasteiger partial charge < -0.3 is 10.6 Å². The molecule has 5 nitrogen and oxygen atoms in total. The number of nitrogens with zero attached hydrogens (tertiary/aromatic N) is 2. The Morgan fingerprint density at radius 3 is 2.60 bits per heavy atom. The van der Waals surface area contributed by atoms with Crippen molar-refractivity contribution in [2.45, 2.75) is 47.1 Å². The van der Waals surface area contributed by atoms with Crippen LogP contribution in [0.2, 0.25) is 0 Å². The standard InChI is InChI=1S/C15H28N4O/c1-11(2)10-19-13(4)14(12(3)18-19)9-15(20)17-8-6-7-16-5/h11,16H,6-10H2,1-5H3,(H,17,20). The topological polar surface area (TPSA) is 58.9 Å². The van der Waals surface area contributed by atoms with Gasteiger partial charge in [-0.2, -0.15) is 5.10 Å².